The van der Waals surface area contributed by atoms with E-state index in [0.717, 1.165) is 0 Å². The zero-order valence-electron chi connectivity index (χ0n) is 17.2. The summed E-state index contributed by atoms with van der Waals surface area (Å²) in [7, 11) is 0. The maximum atomic E-state index is 13.9. The summed E-state index contributed by atoms with van der Waals surface area (Å²) in [5.74, 6) is -0.869. The van der Waals surface area contributed by atoms with E-state index in [1.54, 1.807) is 35.8 Å². The van der Waals surface area contributed by atoms with E-state index in [0.29, 0.717) is 28.2 Å². The monoisotopic (exact) mass is 495 g/mol. The molecule has 0 spiro atoms. The predicted molar refractivity (Wildman–Crippen MR) is 124 cm³/mol. The van der Waals surface area contributed by atoms with Crippen molar-refractivity contribution in [1.29, 1.82) is 0 Å². The zero-order valence-corrected chi connectivity index (χ0v) is 19.6. The highest BCUT2D eigenvalue weighted by atomic mass is 35.5. The summed E-state index contributed by atoms with van der Waals surface area (Å²) in [4.78, 5) is 24.7. The van der Waals surface area contributed by atoms with Crippen LogP contribution < -0.4 is 10.6 Å². The van der Waals surface area contributed by atoms with Crippen molar-refractivity contribution in [1.82, 2.24) is 20.1 Å². The van der Waals surface area contributed by atoms with Crippen molar-refractivity contribution in [2.75, 3.05) is 11.1 Å². The van der Waals surface area contributed by atoms with Crippen molar-refractivity contribution in [2.24, 2.45) is 0 Å². The molecule has 0 bridgehead atoms. The zero-order chi connectivity index (χ0) is 23.3. The van der Waals surface area contributed by atoms with Crippen molar-refractivity contribution in [3.8, 4) is 0 Å². The van der Waals surface area contributed by atoms with Gasteiger partial charge in [-0.05, 0) is 38.1 Å². The SMILES string of the molecule is CCn1c(SCC(=O)Nc2cccc(Cl)c2Cl)nnc1C(C)NC(=O)c1ccccc1F. The van der Waals surface area contributed by atoms with Gasteiger partial charge in [-0.25, -0.2) is 4.39 Å². The molecule has 168 valence electrons. The summed E-state index contributed by atoms with van der Waals surface area (Å²) in [6, 6.07) is 10.2. The van der Waals surface area contributed by atoms with E-state index in [4.69, 9.17) is 23.2 Å². The van der Waals surface area contributed by atoms with Crippen molar-refractivity contribution < 1.29 is 14.0 Å². The molecule has 0 radical (unpaired) electrons. The number of hydrogen-bond acceptors (Lipinski definition) is 5. The molecule has 0 aliphatic heterocycles. The molecule has 3 rings (SSSR count). The van der Waals surface area contributed by atoms with Crippen LogP contribution in [0.2, 0.25) is 10.0 Å². The minimum atomic E-state index is -0.601. The summed E-state index contributed by atoms with van der Waals surface area (Å²) in [5.41, 5.74) is 0.375. The Bertz CT molecular complexity index is 1140. The summed E-state index contributed by atoms with van der Waals surface area (Å²) in [5, 5.41) is 14.9. The fourth-order valence-electron chi connectivity index (χ4n) is 2.93. The highest BCUT2D eigenvalue weighted by Crippen LogP contribution is 2.30. The van der Waals surface area contributed by atoms with Gasteiger partial charge in [-0.1, -0.05) is 53.2 Å². The Kier molecular flexibility index (Phi) is 8.11. The largest absolute Gasteiger partial charge is 0.342 e. The van der Waals surface area contributed by atoms with Gasteiger partial charge in [0, 0.05) is 6.54 Å². The number of thioether (sulfide) groups is 1. The third-order valence-electron chi connectivity index (χ3n) is 4.47. The smallest absolute Gasteiger partial charge is 0.254 e. The van der Waals surface area contributed by atoms with Crippen LogP contribution in [-0.2, 0) is 11.3 Å². The lowest BCUT2D eigenvalue weighted by Crippen LogP contribution is -2.29. The molecule has 0 aliphatic rings. The molecule has 0 saturated heterocycles. The molecule has 1 unspecified atom stereocenters. The van der Waals surface area contributed by atoms with Gasteiger partial charge in [0.15, 0.2) is 11.0 Å². The van der Waals surface area contributed by atoms with Crippen LogP contribution in [0.15, 0.2) is 47.6 Å². The van der Waals surface area contributed by atoms with Crippen LogP contribution in [0, 0.1) is 5.82 Å². The number of benzene rings is 2. The van der Waals surface area contributed by atoms with Crippen molar-refractivity contribution in [3.05, 3.63) is 69.7 Å². The molecule has 2 N–H and O–H groups in total. The van der Waals surface area contributed by atoms with E-state index in [2.05, 4.69) is 20.8 Å². The Hall–Kier alpha value is -2.62. The van der Waals surface area contributed by atoms with E-state index in [1.165, 1.54) is 30.0 Å². The Morgan fingerprint density at radius 3 is 2.62 bits per heavy atom. The van der Waals surface area contributed by atoms with Crippen molar-refractivity contribution in [2.45, 2.75) is 31.6 Å². The molecule has 1 aromatic heterocycles. The second kappa shape index (κ2) is 10.8. The topological polar surface area (TPSA) is 88.9 Å². The molecule has 2 amide bonds. The maximum Gasteiger partial charge on any atom is 0.254 e. The minimum Gasteiger partial charge on any atom is -0.342 e. The normalized spacial score (nSPS) is 11.8. The molecule has 2 aromatic carbocycles. The molecule has 32 heavy (non-hydrogen) atoms. The molecule has 11 heteroatoms. The van der Waals surface area contributed by atoms with Gasteiger partial charge in [0.2, 0.25) is 5.91 Å². The average molecular weight is 496 g/mol. The molecule has 3 aromatic rings. The number of carbonyl (C=O) groups excluding carboxylic acids is 2. The Morgan fingerprint density at radius 1 is 1.16 bits per heavy atom. The van der Waals surface area contributed by atoms with E-state index < -0.39 is 17.8 Å². The number of anilines is 1. The fourth-order valence-corrected chi connectivity index (χ4v) is 4.08. The number of hydrogen-bond donors (Lipinski definition) is 2. The fraction of sp³-hybridized carbons (Fsp3) is 0.238. The van der Waals surface area contributed by atoms with E-state index in [9.17, 15) is 14.0 Å². The van der Waals surface area contributed by atoms with Crippen LogP contribution in [0.25, 0.3) is 0 Å². The van der Waals surface area contributed by atoms with Gasteiger partial charge in [-0.2, -0.15) is 0 Å². The quantitative estimate of drug-likeness (QED) is 0.430. The van der Waals surface area contributed by atoms with E-state index >= 15 is 0 Å². The summed E-state index contributed by atoms with van der Waals surface area (Å²) in [6.45, 7) is 4.15. The van der Waals surface area contributed by atoms with E-state index in [1.807, 2.05) is 6.92 Å². The predicted octanol–water partition coefficient (Wildman–Crippen LogP) is 4.97. The second-order valence-corrected chi connectivity index (χ2v) is 8.43. The first-order valence-corrected chi connectivity index (χ1v) is 11.4. The van der Waals surface area contributed by atoms with Crippen LogP contribution in [0.3, 0.4) is 0 Å². The molecule has 0 fully saturated rings. The Balaban J connectivity index is 1.65. The van der Waals surface area contributed by atoms with Crippen LogP contribution in [0.5, 0.6) is 0 Å². The highest BCUT2D eigenvalue weighted by Gasteiger charge is 2.21. The summed E-state index contributed by atoms with van der Waals surface area (Å²) >= 11 is 13.3. The first-order valence-electron chi connectivity index (χ1n) is 9.67. The van der Waals surface area contributed by atoms with Gasteiger partial charge < -0.3 is 15.2 Å². The summed E-state index contributed by atoms with van der Waals surface area (Å²) < 4.78 is 15.7. The lowest BCUT2D eigenvalue weighted by atomic mass is 10.2. The Labute approximate surface area is 198 Å². The third-order valence-corrected chi connectivity index (χ3v) is 6.26. The number of aromatic nitrogens is 3. The number of carbonyl (C=O) groups is 2. The van der Waals surface area contributed by atoms with Crippen LogP contribution >= 0.6 is 35.0 Å². The van der Waals surface area contributed by atoms with Gasteiger partial charge in [0.1, 0.15) is 5.82 Å². The van der Waals surface area contributed by atoms with Crippen molar-refractivity contribution in [3.63, 3.8) is 0 Å². The van der Waals surface area contributed by atoms with Crippen LogP contribution in [0.4, 0.5) is 10.1 Å². The van der Waals surface area contributed by atoms with Gasteiger partial charge >= 0.3 is 0 Å². The van der Waals surface area contributed by atoms with Crippen molar-refractivity contribution >= 4 is 52.5 Å². The molecule has 1 atom stereocenters. The molecular formula is C21H20Cl2FN5O2S. The van der Waals surface area contributed by atoms with Gasteiger partial charge in [-0.3, -0.25) is 9.59 Å². The number of halogens is 3. The second-order valence-electron chi connectivity index (χ2n) is 6.70. The molecule has 1 heterocycles. The van der Waals surface area contributed by atoms with Gasteiger partial charge in [0.25, 0.3) is 5.91 Å². The maximum absolute atomic E-state index is 13.9. The number of rotatable bonds is 8. The Morgan fingerprint density at radius 2 is 1.91 bits per heavy atom. The summed E-state index contributed by atoms with van der Waals surface area (Å²) in [6.07, 6.45) is 0. The molecular weight excluding hydrogens is 476 g/mol. The standard InChI is InChI=1S/C21H20Cl2FN5O2S/c1-3-29-19(12(2)25-20(31)13-7-4-5-9-15(13)24)27-28-21(29)32-11-17(30)26-16-10-6-8-14(22)18(16)23/h4-10,12H,3,11H2,1-2H3,(H,25,31)(H,26,30). The number of amides is 2. The molecule has 7 nitrogen and oxygen atoms in total. The first-order chi connectivity index (χ1) is 15.3. The molecule has 0 aliphatic carbocycles. The third kappa shape index (κ3) is 5.59. The highest BCUT2D eigenvalue weighted by molar-refractivity contribution is 7.99. The lowest BCUT2D eigenvalue weighted by molar-refractivity contribution is -0.113. The number of nitrogens with zero attached hydrogens (tertiary/aromatic N) is 3. The van der Waals surface area contributed by atoms with Gasteiger partial charge in [0.05, 0.1) is 33.1 Å². The number of nitrogens with one attached hydrogen (secondary N) is 2. The van der Waals surface area contributed by atoms with E-state index in [-0.39, 0.29) is 22.2 Å². The minimum absolute atomic E-state index is 0.0483. The van der Waals surface area contributed by atoms with Crippen LogP contribution in [-0.4, -0.2) is 32.3 Å². The molecule has 0 saturated carbocycles. The lowest BCUT2D eigenvalue weighted by Gasteiger charge is -2.15. The average Bonchev–Trinajstić information content (AvgIpc) is 3.19. The van der Waals surface area contributed by atoms with Gasteiger partial charge in [-0.15, -0.1) is 10.2 Å². The first kappa shape index (κ1) is 24.0. The van der Waals surface area contributed by atoms with Crippen LogP contribution in [0.1, 0.15) is 36.1 Å².